The van der Waals surface area contributed by atoms with Crippen LogP contribution in [0.3, 0.4) is 0 Å². The fraction of sp³-hybridized carbons (Fsp3) is 0.588. The van der Waals surface area contributed by atoms with Gasteiger partial charge in [0.1, 0.15) is 5.82 Å². The van der Waals surface area contributed by atoms with E-state index >= 15 is 0 Å². The molecule has 0 unspecified atom stereocenters. The van der Waals surface area contributed by atoms with Crippen LogP contribution in [0.15, 0.2) is 18.2 Å². The molecule has 0 aliphatic carbocycles. The van der Waals surface area contributed by atoms with E-state index in [-0.39, 0.29) is 0 Å². The normalized spacial score (nSPS) is 11.7. The average molecular weight is 273 g/mol. The second kappa shape index (κ2) is 6.89. The molecule has 0 aliphatic rings. The number of nitrogens with zero attached hydrogens (tertiary/aromatic N) is 2. The van der Waals surface area contributed by atoms with E-state index in [0.717, 1.165) is 38.0 Å². The minimum absolute atomic E-state index is 0.556. The Balaban J connectivity index is 2.36. The first kappa shape index (κ1) is 15.0. The van der Waals surface area contributed by atoms with E-state index in [1.807, 2.05) is 0 Å². The van der Waals surface area contributed by atoms with Crippen LogP contribution in [0.5, 0.6) is 0 Å². The summed E-state index contributed by atoms with van der Waals surface area (Å²) in [5, 5.41) is 3.39. The molecule has 0 saturated heterocycles. The van der Waals surface area contributed by atoms with Crippen LogP contribution >= 0.6 is 0 Å². The molecule has 3 nitrogen and oxygen atoms in total. The van der Waals surface area contributed by atoms with E-state index in [4.69, 9.17) is 4.98 Å². The molecule has 0 saturated carbocycles. The summed E-state index contributed by atoms with van der Waals surface area (Å²) in [7, 11) is 0. The van der Waals surface area contributed by atoms with Crippen LogP contribution in [-0.2, 0) is 13.0 Å². The third kappa shape index (κ3) is 3.21. The van der Waals surface area contributed by atoms with Crippen molar-refractivity contribution in [3.05, 3.63) is 29.6 Å². The first-order chi connectivity index (χ1) is 9.67. The standard InChI is InChI=1S/C17H27N3/c1-5-11-20-16-8-7-14(13(3)4)12-15(16)19-17(20)9-10-18-6-2/h7-8,12-13,18H,5-6,9-11H2,1-4H3. The molecule has 110 valence electrons. The second-order valence-electron chi connectivity index (χ2n) is 5.69. The molecular formula is C17H27N3. The van der Waals surface area contributed by atoms with E-state index in [1.54, 1.807) is 0 Å². The van der Waals surface area contributed by atoms with Gasteiger partial charge in [0.2, 0.25) is 0 Å². The highest BCUT2D eigenvalue weighted by Gasteiger charge is 2.11. The maximum absolute atomic E-state index is 4.87. The number of aromatic nitrogens is 2. The molecule has 0 radical (unpaired) electrons. The number of benzene rings is 1. The Morgan fingerprint density at radius 2 is 2.05 bits per heavy atom. The van der Waals surface area contributed by atoms with Crippen LogP contribution in [-0.4, -0.2) is 22.6 Å². The van der Waals surface area contributed by atoms with Gasteiger partial charge >= 0.3 is 0 Å². The first-order valence-electron chi connectivity index (χ1n) is 7.87. The van der Waals surface area contributed by atoms with Crippen LogP contribution in [0.1, 0.15) is 51.4 Å². The summed E-state index contributed by atoms with van der Waals surface area (Å²) in [6.07, 6.45) is 2.14. The Bertz CT molecular complexity index is 555. The molecule has 1 aromatic carbocycles. The smallest absolute Gasteiger partial charge is 0.111 e. The number of imidazole rings is 1. The molecule has 2 aromatic rings. The SMILES string of the molecule is CCCn1c(CCNCC)nc2cc(C(C)C)ccc21. The Labute approximate surface area is 122 Å². The molecule has 1 N–H and O–H groups in total. The first-order valence-corrected chi connectivity index (χ1v) is 7.87. The number of fused-ring (bicyclic) bond motifs is 1. The molecule has 3 heteroatoms. The maximum atomic E-state index is 4.87. The van der Waals surface area contributed by atoms with Crippen molar-refractivity contribution in [3.63, 3.8) is 0 Å². The van der Waals surface area contributed by atoms with Gasteiger partial charge in [0.05, 0.1) is 11.0 Å². The molecule has 0 bridgehead atoms. The highest BCUT2D eigenvalue weighted by Crippen LogP contribution is 2.22. The third-order valence-electron chi connectivity index (χ3n) is 3.74. The van der Waals surface area contributed by atoms with Gasteiger partial charge < -0.3 is 9.88 Å². The van der Waals surface area contributed by atoms with E-state index in [2.05, 4.69) is 55.8 Å². The lowest BCUT2D eigenvalue weighted by Gasteiger charge is -2.08. The van der Waals surface area contributed by atoms with Crippen molar-refractivity contribution in [1.82, 2.24) is 14.9 Å². The lowest BCUT2D eigenvalue weighted by molar-refractivity contribution is 0.625. The molecule has 0 spiro atoms. The van der Waals surface area contributed by atoms with Crippen molar-refractivity contribution < 1.29 is 0 Å². The Morgan fingerprint density at radius 1 is 1.25 bits per heavy atom. The maximum Gasteiger partial charge on any atom is 0.111 e. The van der Waals surface area contributed by atoms with E-state index in [9.17, 15) is 0 Å². The highest BCUT2D eigenvalue weighted by molar-refractivity contribution is 5.77. The van der Waals surface area contributed by atoms with Crippen LogP contribution in [0.2, 0.25) is 0 Å². The fourth-order valence-corrected chi connectivity index (χ4v) is 2.60. The van der Waals surface area contributed by atoms with Crippen molar-refractivity contribution >= 4 is 11.0 Å². The Morgan fingerprint density at radius 3 is 2.70 bits per heavy atom. The van der Waals surface area contributed by atoms with Crippen molar-refractivity contribution in [2.24, 2.45) is 0 Å². The number of hydrogen-bond donors (Lipinski definition) is 1. The molecule has 0 fully saturated rings. The molecule has 20 heavy (non-hydrogen) atoms. The monoisotopic (exact) mass is 273 g/mol. The van der Waals surface area contributed by atoms with Gasteiger partial charge in [0.15, 0.2) is 0 Å². The molecule has 0 atom stereocenters. The number of aryl methyl sites for hydroxylation is 1. The number of rotatable bonds is 7. The van der Waals surface area contributed by atoms with E-state index in [0.29, 0.717) is 5.92 Å². The second-order valence-corrected chi connectivity index (χ2v) is 5.69. The van der Waals surface area contributed by atoms with Gasteiger partial charge in [0, 0.05) is 19.5 Å². The predicted molar refractivity (Wildman–Crippen MR) is 86.4 cm³/mol. The molecule has 1 aromatic heterocycles. The summed E-state index contributed by atoms with van der Waals surface area (Å²) in [5.41, 5.74) is 3.80. The number of nitrogens with one attached hydrogen (secondary N) is 1. The van der Waals surface area contributed by atoms with Gasteiger partial charge in [-0.1, -0.05) is 33.8 Å². The molecule has 2 rings (SSSR count). The topological polar surface area (TPSA) is 29.9 Å². The summed E-state index contributed by atoms with van der Waals surface area (Å²) >= 11 is 0. The van der Waals surface area contributed by atoms with Gasteiger partial charge in [-0.15, -0.1) is 0 Å². The minimum Gasteiger partial charge on any atom is -0.328 e. The summed E-state index contributed by atoms with van der Waals surface area (Å²) in [6, 6.07) is 6.74. The van der Waals surface area contributed by atoms with Gasteiger partial charge in [-0.2, -0.15) is 0 Å². The quantitative estimate of drug-likeness (QED) is 0.779. The summed E-state index contributed by atoms with van der Waals surface area (Å²) in [5.74, 6) is 1.77. The van der Waals surface area contributed by atoms with Crippen molar-refractivity contribution in [3.8, 4) is 0 Å². The lowest BCUT2D eigenvalue weighted by atomic mass is 10.0. The Hall–Kier alpha value is -1.35. The van der Waals surface area contributed by atoms with Gasteiger partial charge in [-0.05, 0) is 36.6 Å². The van der Waals surface area contributed by atoms with Gasteiger partial charge in [-0.25, -0.2) is 4.98 Å². The summed E-state index contributed by atoms with van der Waals surface area (Å²) in [6.45, 7) is 11.9. The van der Waals surface area contributed by atoms with E-state index < -0.39 is 0 Å². The number of hydrogen-bond acceptors (Lipinski definition) is 2. The van der Waals surface area contributed by atoms with Crippen LogP contribution in [0.4, 0.5) is 0 Å². The molecule has 0 amide bonds. The zero-order chi connectivity index (χ0) is 14.5. The van der Waals surface area contributed by atoms with Crippen molar-refractivity contribution in [2.75, 3.05) is 13.1 Å². The fourth-order valence-electron chi connectivity index (χ4n) is 2.60. The lowest BCUT2D eigenvalue weighted by Crippen LogP contribution is -2.18. The Kier molecular flexibility index (Phi) is 5.18. The molecule has 0 aliphatic heterocycles. The third-order valence-corrected chi connectivity index (χ3v) is 3.74. The van der Waals surface area contributed by atoms with Gasteiger partial charge in [0.25, 0.3) is 0 Å². The number of likely N-dealkylation sites (N-methyl/N-ethyl adjacent to an activating group) is 1. The highest BCUT2D eigenvalue weighted by atomic mass is 15.1. The molecule has 1 heterocycles. The van der Waals surface area contributed by atoms with Gasteiger partial charge in [-0.3, -0.25) is 0 Å². The zero-order valence-electron chi connectivity index (χ0n) is 13.2. The van der Waals surface area contributed by atoms with Crippen LogP contribution < -0.4 is 5.32 Å². The van der Waals surface area contributed by atoms with Crippen LogP contribution in [0, 0.1) is 0 Å². The van der Waals surface area contributed by atoms with E-state index in [1.165, 1.54) is 16.9 Å². The molecular weight excluding hydrogens is 246 g/mol. The average Bonchev–Trinajstić information content (AvgIpc) is 2.77. The largest absolute Gasteiger partial charge is 0.328 e. The summed E-state index contributed by atoms with van der Waals surface area (Å²) < 4.78 is 2.39. The predicted octanol–water partition coefficient (Wildman–Crippen LogP) is 3.72. The van der Waals surface area contributed by atoms with Crippen molar-refractivity contribution in [1.29, 1.82) is 0 Å². The summed E-state index contributed by atoms with van der Waals surface area (Å²) in [4.78, 5) is 4.87. The van der Waals surface area contributed by atoms with Crippen molar-refractivity contribution in [2.45, 2.75) is 53.0 Å². The van der Waals surface area contributed by atoms with Crippen LogP contribution in [0.25, 0.3) is 11.0 Å². The minimum atomic E-state index is 0.556. The zero-order valence-corrected chi connectivity index (χ0v) is 13.2.